The molecule has 0 aromatic carbocycles. The molecule has 0 spiro atoms. The van der Waals surface area contributed by atoms with Crippen LogP contribution in [-0.2, 0) is 22.3 Å². The summed E-state index contributed by atoms with van der Waals surface area (Å²) in [6, 6.07) is 1.83. The molecule has 2 N–H and O–H groups in total. The quantitative estimate of drug-likeness (QED) is 0.691. The Hall–Kier alpha value is -1.20. The lowest BCUT2D eigenvalue weighted by Gasteiger charge is -2.06. The molecule has 0 aliphatic rings. The fraction of sp³-hybridized carbons (Fsp3) is 0.667. The van der Waals surface area contributed by atoms with Crippen LogP contribution < -0.4 is 5.73 Å². The van der Waals surface area contributed by atoms with Gasteiger partial charge < -0.3 is 15.2 Å². The van der Waals surface area contributed by atoms with Crippen molar-refractivity contribution in [2.45, 2.75) is 26.2 Å². The maximum Gasteiger partial charge on any atom is 0.133 e. The highest BCUT2D eigenvalue weighted by molar-refractivity contribution is 5.29. The highest BCUT2D eigenvalue weighted by atomic mass is 16.5. The standard InChI is InChI=1S/C12H21N3O2/c1-3-4-10-9-11(13)15-12(14-10)5-6-17-8-7-16-2/h9H,3-8H2,1-2H3,(H2,13,14,15). The molecular formula is C12H21N3O2. The van der Waals surface area contributed by atoms with E-state index in [0.29, 0.717) is 32.1 Å². The van der Waals surface area contributed by atoms with Crippen LogP contribution in [0.5, 0.6) is 0 Å². The average Bonchev–Trinajstić information content (AvgIpc) is 2.28. The number of nitrogens with zero attached hydrogens (tertiary/aromatic N) is 2. The molecule has 0 unspecified atom stereocenters. The summed E-state index contributed by atoms with van der Waals surface area (Å²) in [6.45, 7) is 3.92. The van der Waals surface area contributed by atoms with E-state index in [-0.39, 0.29) is 0 Å². The number of hydrogen-bond donors (Lipinski definition) is 1. The minimum absolute atomic E-state index is 0.537. The van der Waals surface area contributed by atoms with E-state index < -0.39 is 0 Å². The number of hydrogen-bond acceptors (Lipinski definition) is 5. The molecular weight excluding hydrogens is 218 g/mol. The number of methoxy groups -OCH3 is 1. The van der Waals surface area contributed by atoms with E-state index in [4.69, 9.17) is 15.2 Å². The first kappa shape index (κ1) is 13.9. The zero-order valence-electron chi connectivity index (χ0n) is 10.6. The molecule has 17 heavy (non-hydrogen) atoms. The van der Waals surface area contributed by atoms with E-state index in [9.17, 15) is 0 Å². The summed E-state index contributed by atoms with van der Waals surface area (Å²) in [5, 5.41) is 0. The molecule has 1 heterocycles. The molecule has 1 aromatic heterocycles. The summed E-state index contributed by atoms with van der Waals surface area (Å²) in [6.07, 6.45) is 2.68. The van der Waals surface area contributed by atoms with Gasteiger partial charge in [-0.05, 0) is 6.42 Å². The normalized spacial score (nSPS) is 10.7. The van der Waals surface area contributed by atoms with Gasteiger partial charge in [-0.1, -0.05) is 13.3 Å². The van der Waals surface area contributed by atoms with Crippen molar-refractivity contribution in [2.75, 3.05) is 32.7 Å². The van der Waals surface area contributed by atoms with Crippen LogP contribution in [0.4, 0.5) is 5.82 Å². The van der Waals surface area contributed by atoms with Crippen molar-refractivity contribution in [2.24, 2.45) is 0 Å². The molecule has 0 saturated carbocycles. The van der Waals surface area contributed by atoms with Crippen molar-refractivity contribution in [3.8, 4) is 0 Å². The molecule has 0 amide bonds. The Morgan fingerprint density at radius 1 is 1.18 bits per heavy atom. The van der Waals surface area contributed by atoms with Crippen molar-refractivity contribution < 1.29 is 9.47 Å². The van der Waals surface area contributed by atoms with Crippen LogP contribution in [0, 0.1) is 0 Å². The second-order valence-corrected chi connectivity index (χ2v) is 3.81. The summed E-state index contributed by atoms with van der Waals surface area (Å²) < 4.78 is 10.3. The Balaban J connectivity index is 2.41. The predicted octanol–water partition coefficient (Wildman–Crippen LogP) is 1.22. The van der Waals surface area contributed by atoms with Crippen molar-refractivity contribution in [1.82, 2.24) is 9.97 Å². The lowest BCUT2D eigenvalue weighted by molar-refractivity contribution is 0.0716. The monoisotopic (exact) mass is 239 g/mol. The van der Waals surface area contributed by atoms with Crippen LogP contribution in [0.1, 0.15) is 24.9 Å². The fourth-order valence-electron chi connectivity index (χ4n) is 1.48. The zero-order valence-corrected chi connectivity index (χ0v) is 10.6. The van der Waals surface area contributed by atoms with Crippen LogP contribution in [0.15, 0.2) is 6.07 Å². The number of ether oxygens (including phenoxy) is 2. The molecule has 0 aliphatic carbocycles. The second kappa shape index (κ2) is 7.97. The van der Waals surface area contributed by atoms with Crippen LogP contribution >= 0.6 is 0 Å². The Kier molecular flexibility index (Phi) is 6.50. The van der Waals surface area contributed by atoms with Gasteiger partial charge >= 0.3 is 0 Å². The van der Waals surface area contributed by atoms with Gasteiger partial charge in [0.25, 0.3) is 0 Å². The van der Waals surface area contributed by atoms with E-state index in [1.165, 1.54) is 0 Å². The second-order valence-electron chi connectivity index (χ2n) is 3.81. The molecule has 0 fully saturated rings. The third kappa shape index (κ3) is 5.60. The molecule has 5 nitrogen and oxygen atoms in total. The molecule has 1 rings (SSSR count). The Morgan fingerprint density at radius 2 is 2.00 bits per heavy atom. The van der Waals surface area contributed by atoms with Crippen LogP contribution in [0.25, 0.3) is 0 Å². The topological polar surface area (TPSA) is 70.3 Å². The fourth-order valence-corrected chi connectivity index (χ4v) is 1.48. The third-order valence-corrected chi connectivity index (χ3v) is 2.25. The van der Waals surface area contributed by atoms with Gasteiger partial charge in [0.15, 0.2) is 0 Å². The number of aryl methyl sites for hydroxylation is 1. The summed E-state index contributed by atoms with van der Waals surface area (Å²) in [5.41, 5.74) is 6.74. The zero-order chi connectivity index (χ0) is 12.5. The smallest absolute Gasteiger partial charge is 0.133 e. The van der Waals surface area contributed by atoms with Crippen molar-refractivity contribution >= 4 is 5.82 Å². The lowest BCUT2D eigenvalue weighted by Crippen LogP contribution is -2.09. The maximum atomic E-state index is 5.73. The average molecular weight is 239 g/mol. The first-order chi connectivity index (χ1) is 8.26. The van der Waals surface area contributed by atoms with E-state index >= 15 is 0 Å². The first-order valence-electron chi connectivity index (χ1n) is 5.95. The van der Waals surface area contributed by atoms with Crippen LogP contribution in [-0.4, -0.2) is 36.9 Å². The van der Waals surface area contributed by atoms with E-state index in [0.717, 1.165) is 24.4 Å². The van der Waals surface area contributed by atoms with Crippen molar-refractivity contribution in [3.05, 3.63) is 17.6 Å². The predicted molar refractivity (Wildman–Crippen MR) is 66.8 cm³/mol. The van der Waals surface area contributed by atoms with Gasteiger partial charge in [0.1, 0.15) is 11.6 Å². The molecule has 0 bridgehead atoms. The molecule has 0 saturated heterocycles. The number of rotatable bonds is 8. The SMILES string of the molecule is CCCc1cc(N)nc(CCOCCOC)n1. The highest BCUT2D eigenvalue weighted by Gasteiger charge is 2.02. The van der Waals surface area contributed by atoms with Crippen molar-refractivity contribution in [3.63, 3.8) is 0 Å². The molecule has 0 radical (unpaired) electrons. The van der Waals surface area contributed by atoms with Gasteiger partial charge in [0.2, 0.25) is 0 Å². The van der Waals surface area contributed by atoms with Gasteiger partial charge in [0, 0.05) is 25.3 Å². The Morgan fingerprint density at radius 3 is 2.71 bits per heavy atom. The largest absolute Gasteiger partial charge is 0.384 e. The number of anilines is 1. The molecule has 5 heteroatoms. The van der Waals surface area contributed by atoms with Gasteiger partial charge in [-0.15, -0.1) is 0 Å². The number of aromatic nitrogens is 2. The summed E-state index contributed by atoms with van der Waals surface area (Å²) in [5.74, 6) is 1.29. The van der Waals surface area contributed by atoms with E-state index in [1.807, 2.05) is 6.07 Å². The third-order valence-electron chi connectivity index (χ3n) is 2.25. The minimum Gasteiger partial charge on any atom is -0.384 e. The highest BCUT2D eigenvalue weighted by Crippen LogP contribution is 2.06. The van der Waals surface area contributed by atoms with Gasteiger partial charge in [-0.3, -0.25) is 0 Å². The first-order valence-corrected chi connectivity index (χ1v) is 5.95. The molecule has 0 aliphatic heterocycles. The van der Waals surface area contributed by atoms with Gasteiger partial charge in [-0.25, -0.2) is 9.97 Å². The molecule has 1 aromatic rings. The summed E-state index contributed by atoms with van der Waals surface area (Å²) >= 11 is 0. The van der Waals surface area contributed by atoms with E-state index in [1.54, 1.807) is 7.11 Å². The Labute approximate surface area is 102 Å². The number of nitrogens with two attached hydrogens (primary N) is 1. The van der Waals surface area contributed by atoms with E-state index in [2.05, 4.69) is 16.9 Å². The molecule has 0 atom stereocenters. The van der Waals surface area contributed by atoms with Crippen LogP contribution in [0.3, 0.4) is 0 Å². The Bertz CT molecular complexity index is 332. The summed E-state index contributed by atoms with van der Waals surface area (Å²) in [7, 11) is 1.65. The minimum atomic E-state index is 0.537. The number of nitrogen functional groups attached to an aromatic ring is 1. The van der Waals surface area contributed by atoms with Gasteiger partial charge in [-0.2, -0.15) is 0 Å². The maximum absolute atomic E-state index is 5.73. The molecule has 96 valence electrons. The lowest BCUT2D eigenvalue weighted by atomic mass is 10.2. The van der Waals surface area contributed by atoms with Crippen molar-refractivity contribution in [1.29, 1.82) is 0 Å². The van der Waals surface area contributed by atoms with Gasteiger partial charge in [0.05, 0.1) is 19.8 Å². The summed E-state index contributed by atoms with van der Waals surface area (Å²) in [4.78, 5) is 8.63. The van der Waals surface area contributed by atoms with Crippen LogP contribution in [0.2, 0.25) is 0 Å².